The molecule has 0 saturated carbocycles. The minimum atomic E-state index is 0.645. The van der Waals surface area contributed by atoms with E-state index in [1.54, 1.807) is 18.3 Å². The van der Waals surface area contributed by atoms with Gasteiger partial charge in [0.25, 0.3) is 0 Å². The molecule has 0 unspecified atom stereocenters. The highest BCUT2D eigenvalue weighted by Crippen LogP contribution is 2.23. The molecule has 0 bridgehead atoms. The van der Waals surface area contributed by atoms with Gasteiger partial charge in [-0.15, -0.1) is 0 Å². The molecule has 0 atom stereocenters. The lowest BCUT2D eigenvalue weighted by Crippen LogP contribution is -1.94. The number of nitriles is 1. The molecule has 0 aromatic heterocycles. The van der Waals surface area contributed by atoms with E-state index in [4.69, 9.17) is 5.26 Å². The van der Waals surface area contributed by atoms with Crippen LogP contribution in [-0.2, 0) is 0 Å². The summed E-state index contributed by atoms with van der Waals surface area (Å²) in [6, 6.07) is 5.74. The lowest BCUT2D eigenvalue weighted by Gasteiger charge is -2.09. The minimum absolute atomic E-state index is 0.645. The Labute approximate surface area is 84.2 Å². The first-order valence-electron chi connectivity index (χ1n) is 4.27. The second-order valence-corrected chi connectivity index (χ2v) is 2.92. The lowest BCUT2D eigenvalue weighted by atomic mass is 10.0. The Morgan fingerprint density at radius 1 is 1.43 bits per heavy atom. The molecule has 0 heterocycles. The Hall–Kier alpha value is -2.01. The Balaban J connectivity index is 3.35. The van der Waals surface area contributed by atoms with E-state index in [0.717, 1.165) is 16.8 Å². The van der Waals surface area contributed by atoms with Crippen molar-refractivity contribution < 1.29 is 0 Å². The average molecular weight is 184 g/mol. The van der Waals surface area contributed by atoms with E-state index in [-0.39, 0.29) is 0 Å². The number of anilines is 1. The molecule has 0 radical (unpaired) electrons. The summed E-state index contributed by atoms with van der Waals surface area (Å²) in [6.45, 7) is 9.26. The molecule has 0 aliphatic heterocycles. The fourth-order valence-corrected chi connectivity index (χ4v) is 1.34. The third kappa shape index (κ3) is 1.83. The predicted octanol–water partition coefficient (Wildman–Crippen LogP) is 3.07. The molecule has 0 aliphatic rings. The molecular weight excluding hydrogens is 172 g/mol. The van der Waals surface area contributed by atoms with Crippen molar-refractivity contribution in [3.8, 4) is 6.07 Å². The third-order valence-corrected chi connectivity index (χ3v) is 1.96. The smallest absolute Gasteiger partial charge is 0.0991 e. The van der Waals surface area contributed by atoms with Crippen LogP contribution < -0.4 is 5.32 Å². The van der Waals surface area contributed by atoms with Crippen molar-refractivity contribution in [2.45, 2.75) is 6.92 Å². The van der Waals surface area contributed by atoms with Gasteiger partial charge in [-0.2, -0.15) is 5.26 Å². The first-order valence-corrected chi connectivity index (χ1v) is 4.27. The van der Waals surface area contributed by atoms with E-state index in [9.17, 15) is 0 Å². The van der Waals surface area contributed by atoms with E-state index < -0.39 is 0 Å². The molecule has 2 nitrogen and oxygen atoms in total. The average Bonchev–Trinajstić information content (AvgIpc) is 2.20. The molecule has 0 spiro atoms. The number of benzene rings is 1. The van der Waals surface area contributed by atoms with Gasteiger partial charge in [-0.05, 0) is 36.4 Å². The van der Waals surface area contributed by atoms with Crippen LogP contribution in [0.5, 0.6) is 0 Å². The normalized spacial score (nSPS) is 8.86. The number of rotatable bonds is 3. The lowest BCUT2D eigenvalue weighted by molar-refractivity contribution is 1.39. The molecule has 1 aromatic carbocycles. The number of hydrogen-bond acceptors (Lipinski definition) is 2. The number of nitrogens with one attached hydrogen (secondary N) is 1. The largest absolute Gasteiger partial charge is 0.362 e. The Morgan fingerprint density at radius 2 is 2.14 bits per heavy atom. The second kappa shape index (κ2) is 4.29. The van der Waals surface area contributed by atoms with E-state index in [1.165, 1.54) is 0 Å². The second-order valence-electron chi connectivity index (χ2n) is 2.92. The topological polar surface area (TPSA) is 35.8 Å². The molecule has 1 aromatic rings. The monoisotopic (exact) mass is 184 g/mol. The van der Waals surface area contributed by atoms with Crippen LogP contribution in [0.4, 0.5) is 5.69 Å². The van der Waals surface area contributed by atoms with Gasteiger partial charge in [-0.3, -0.25) is 0 Å². The van der Waals surface area contributed by atoms with Crippen molar-refractivity contribution >= 4 is 11.8 Å². The van der Waals surface area contributed by atoms with Crippen molar-refractivity contribution in [1.82, 2.24) is 0 Å². The highest BCUT2D eigenvalue weighted by Gasteiger charge is 2.03. The van der Waals surface area contributed by atoms with Crippen LogP contribution in [0.2, 0.25) is 0 Å². The van der Waals surface area contributed by atoms with E-state index in [0.29, 0.717) is 5.56 Å². The van der Waals surface area contributed by atoms with Crippen molar-refractivity contribution in [2.75, 3.05) is 5.32 Å². The van der Waals surface area contributed by atoms with Gasteiger partial charge in [0.2, 0.25) is 0 Å². The van der Waals surface area contributed by atoms with Crippen LogP contribution >= 0.6 is 0 Å². The summed E-state index contributed by atoms with van der Waals surface area (Å²) < 4.78 is 0. The number of nitrogens with zero attached hydrogens (tertiary/aromatic N) is 1. The minimum Gasteiger partial charge on any atom is -0.362 e. The summed E-state index contributed by atoms with van der Waals surface area (Å²) in [5, 5.41) is 11.8. The van der Waals surface area contributed by atoms with Gasteiger partial charge in [0, 0.05) is 5.69 Å². The van der Waals surface area contributed by atoms with Gasteiger partial charge in [0.05, 0.1) is 11.6 Å². The summed E-state index contributed by atoms with van der Waals surface area (Å²) in [6.07, 6.45) is 3.33. The van der Waals surface area contributed by atoms with Crippen LogP contribution in [0.3, 0.4) is 0 Å². The van der Waals surface area contributed by atoms with Gasteiger partial charge in [-0.1, -0.05) is 19.2 Å². The van der Waals surface area contributed by atoms with Crippen molar-refractivity contribution in [3.05, 3.63) is 48.2 Å². The van der Waals surface area contributed by atoms with Crippen LogP contribution in [0, 0.1) is 18.3 Å². The molecule has 70 valence electrons. The molecule has 0 aliphatic carbocycles. The summed E-state index contributed by atoms with van der Waals surface area (Å²) in [7, 11) is 0. The molecule has 2 heteroatoms. The maximum atomic E-state index is 8.78. The zero-order valence-electron chi connectivity index (χ0n) is 8.17. The number of aryl methyl sites for hydroxylation is 1. The fraction of sp³-hybridized carbons (Fsp3) is 0.0833. The predicted molar refractivity (Wildman–Crippen MR) is 59.8 cm³/mol. The maximum absolute atomic E-state index is 8.78. The van der Waals surface area contributed by atoms with Crippen LogP contribution in [0.15, 0.2) is 31.5 Å². The van der Waals surface area contributed by atoms with Crippen molar-refractivity contribution in [3.63, 3.8) is 0 Å². The van der Waals surface area contributed by atoms with Gasteiger partial charge < -0.3 is 5.32 Å². The van der Waals surface area contributed by atoms with E-state index in [2.05, 4.69) is 24.5 Å². The van der Waals surface area contributed by atoms with Crippen LogP contribution in [-0.4, -0.2) is 0 Å². The molecule has 0 saturated heterocycles. The van der Waals surface area contributed by atoms with Crippen LogP contribution in [0.1, 0.15) is 16.7 Å². The summed E-state index contributed by atoms with van der Waals surface area (Å²) >= 11 is 0. The first-order chi connectivity index (χ1) is 6.72. The van der Waals surface area contributed by atoms with E-state index in [1.807, 2.05) is 13.0 Å². The Morgan fingerprint density at radius 3 is 2.64 bits per heavy atom. The highest BCUT2D eigenvalue weighted by molar-refractivity contribution is 5.71. The summed E-state index contributed by atoms with van der Waals surface area (Å²) in [5.41, 5.74) is 3.53. The van der Waals surface area contributed by atoms with Crippen LogP contribution in [0.25, 0.3) is 6.08 Å². The standard InChI is InChI=1S/C12H12N2/c1-4-11-7-10(8-13)6-9(3)12(11)14-5-2/h4-7,14H,1-2H2,3H3. The van der Waals surface area contributed by atoms with E-state index >= 15 is 0 Å². The molecule has 0 fully saturated rings. The molecular formula is C12H12N2. The fourth-order valence-electron chi connectivity index (χ4n) is 1.34. The zero-order chi connectivity index (χ0) is 10.6. The zero-order valence-corrected chi connectivity index (χ0v) is 8.17. The maximum Gasteiger partial charge on any atom is 0.0991 e. The Kier molecular flexibility index (Phi) is 3.09. The molecule has 1 rings (SSSR count). The van der Waals surface area contributed by atoms with Gasteiger partial charge >= 0.3 is 0 Å². The highest BCUT2D eigenvalue weighted by atomic mass is 14.8. The summed E-state index contributed by atoms with van der Waals surface area (Å²) in [4.78, 5) is 0. The van der Waals surface area contributed by atoms with Gasteiger partial charge in [-0.25, -0.2) is 0 Å². The van der Waals surface area contributed by atoms with Gasteiger partial charge in [0.1, 0.15) is 0 Å². The first kappa shape index (κ1) is 10.1. The molecule has 14 heavy (non-hydrogen) atoms. The van der Waals surface area contributed by atoms with Crippen molar-refractivity contribution in [1.29, 1.82) is 5.26 Å². The summed E-state index contributed by atoms with van der Waals surface area (Å²) in [5.74, 6) is 0. The Bertz CT molecular complexity index is 411. The molecule has 0 amide bonds. The quantitative estimate of drug-likeness (QED) is 0.783. The number of hydrogen-bond donors (Lipinski definition) is 1. The SMILES string of the molecule is C=CNc1c(C)cc(C#N)cc1C=C. The molecule has 1 N–H and O–H groups in total. The van der Waals surface area contributed by atoms with Gasteiger partial charge in [0.15, 0.2) is 0 Å². The van der Waals surface area contributed by atoms with Crippen molar-refractivity contribution in [2.24, 2.45) is 0 Å². The third-order valence-electron chi connectivity index (χ3n) is 1.96.